The molecule has 0 amide bonds. The van der Waals surface area contributed by atoms with Gasteiger partial charge in [0, 0.05) is 24.0 Å². The summed E-state index contributed by atoms with van der Waals surface area (Å²) in [5.41, 5.74) is 0. The highest BCUT2D eigenvalue weighted by Crippen LogP contribution is 2.25. The molecule has 4 heteroatoms. The summed E-state index contributed by atoms with van der Waals surface area (Å²) in [5, 5.41) is 12.2. The van der Waals surface area contributed by atoms with Gasteiger partial charge in [0.25, 0.3) is 0 Å². The lowest BCUT2D eigenvalue weighted by atomic mass is 10.1. The van der Waals surface area contributed by atoms with E-state index in [1.165, 1.54) is 19.3 Å². The van der Waals surface area contributed by atoms with E-state index in [0.717, 1.165) is 11.6 Å². The number of aromatic nitrogens is 3. The second-order valence-corrected chi connectivity index (χ2v) is 6.06. The summed E-state index contributed by atoms with van der Waals surface area (Å²) < 4.78 is 2.31. The summed E-state index contributed by atoms with van der Waals surface area (Å²) in [5.74, 6) is 2.59. The van der Waals surface area contributed by atoms with Crippen LogP contribution in [-0.2, 0) is 0 Å². The summed E-state index contributed by atoms with van der Waals surface area (Å²) in [4.78, 5) is 0. The first kappa shape index (κ1) is 13.5. The van der Waals surface area contributed by atoms with E-state index in [9.17, 15) is 0 Å². The molecular formula is C14H26N4. The summed E-state index contributed by atoms with van der Waals surface area (Å²) >= 11 is 0. The first-order chi connectivity index (χ1) is 8.49. The highest BCUT2D eigenvalue weighted by atomic mass is 15.3. The van der Waals surface area contributed by atoms with Crippen LogP contribution in [0.4, 0.5) is 0 Å². The minimum absolute atomic E-state index is 0.434. The highest BCUT2D eigenvalue weighted by Gasteiger charge is 2.24. The molecule has 3 unspecified atom stereocenters. The van der Waals surface area contributed by atoms with Crippen LogP contribution in [0, 0.1) is 6.92 Å². The largest absolute Gasteiger partial charge is 0.312 e. The van der Waals surface area contributed by atoms with Crippen LogP contribution in [0.5, 0.6) is 0 Å². The van der Waals surface area contributed by atoms with Gasteiger partial charge >= 0.3 is 0 Å². The first-order valence-corrected chi connectivity index (χ1v) is 7.16. The zero-order valence-corrected chi connectivity index (χ0v) is 12.3. The number of hydrogen-bond donors (Lipinski definition) is 1. The summed E-state index contributed by atoms with van der Waals surface area (Å²) in [7, 11) is 0. The van der Waals surface area contributed by atoms with Crippen molar-refractivity contribution in [1.29, 1.82) is 0 Å². The van der Waals surface area contributed by atoms with Gasteiger partial charge in [-0.1, -0.05) is 13.8 Å². The molecule has 1 aliphatic heterocycles. The molecule has 1 aliphatic rings. The van der Waals surface area contributed by atoms with Crippen molar-refractivity contribution in [1.82, 2.24) is 20.1 Å². The SMILES string of the molecule is Cc1nnc(C(C)C)n1C(C)CC1CCC(C)N1. The molecule has 0 aliphatic carbocycles. The van der Waals surface area contributed by atoms with Gasteiger partial charge in [0.15, 0.2) is 0 Å². The lowest BCUT2D eigenvalue weighted by molar-refractivity contribution is 0.400. The third-order valence-electron chi connectivity index (χ3n) is 3.94. The van der Waals surface area contributed by atoms with Gasteiger partial charge in [-0.25, -0.2) is 0 Å². The Balaban J connectivity index is 2.08. The number of rotatable bonds is 4. The Morgan fingerprint density at radius 2 is 2.00 bits per heavy atom. The first-order valence-electron chi connectivity index (χ1n) is 7.16. The van der Waals surface area contributed by atoms with Crippen LogP contribution in [0.15, 0.2) is 0 Å². The van der Waals surface area contributed by atoms with Gasteiger partial charge in [-0.15, -0.1) is 10.2 Å². The van der Waals surface area contributed by atoms with E-state index in [-0.39, 0.29) is 0 Å². The second kappa shape index (κ2) is 5.39. The molecule has 18 heavy (non-hydrogen) atoms. The Morgan fingerprint density at radius 3 is 2.56 bits per heavy atom. The Bertz CT molecular complexity index is 396. The number of nitrogens with zero attached hydrogens (tertiary/aromatic N) is 3. The van der Waals surface area contributed by atoms with E-state index in [1.54, 1.807) is 0 Å². The molecular weight excluding hydrogens is 224 g/mol. The average Bonchev–Trinajstić information content (AvgIpc) is 2.85. The van der Waals surface area contributed by atoms with Gasteiger partial charge in [-0.05, 0) is 40.0 Å². The van der Waals surface area contributed by atoms with Crippen molar-refractivity contribution < 1.29 is 0 Å². The summed E-state index contributed by atoms with van der Waals surface area (Å²) in [6.07, 6.45) is 3.77. The third kappa shape index (κ3) is 2.74. The van der Waals surface area contributed by atoms with Gasteiger partial charge in [-0.2, -0.15) is 0 Å². The number of aryl methyl sites for hydroxylation is 1. The van der Waals surface area contributed by atoms with E-state index >= 15 is 0 Å². The average molecular weight is 250 g/mol. The van der Waals surface area contributed by atoms with E-state index < -0.39 is 0 Å². The molecule has 0 radical (unpaired) electrons. The quantitative estimate of drug-likeness (QED) is 0.893. The normalized spacial score (nSPS) is 25.9. The van der Waals surface area contributed by atoms with Gasteiger partial charge in [0.1, 0.15) is 11.6 Å². The minimum Gasteiger partial charge on any atom is -0.312 e. The Morgan fingerprint density at radius 1 is 1.28 bits per heavy atom. The predicted octanol–water partition coefficient (Wildman–Crippen LogP) is 2.80. The van der Waals surface area contributed by atoms with Gasteiger partial charge in [-0.3, -0.25) is 0 Å². The molecule has 2 rings (SSSR count). The van der Waals surface area contributed by atoms with Crippen LogP contribution in [0.25, 0.3) is 0 Å². The van der Waals surface area contributed by atoms with Crippen LogP contribution in [0.1, 0.15) is 70.6 Å². The lowest BCUT2D eigenvalue weighted by Crippen LogP contribution is -2.29. The van der Waals surface area contributed by atoms with Gasteiger partial charge in [0.2, 0.25) is 0 Å². The standard InChI is InChI=1S/C14H26N4/c1-9(2)14-17-16-12(5)18(14)11(4)8-13-7-6-10(3)15-13/h9-11,13,15H,6-8H2,1-5H3. The van der Waals surface area contributed by atoms with E-state index in [1.807, 2.05) is 0 Å². The van der Waals surface area contributed by atoms with Crippen molar-refractivity contribution in [3.05, 3.63) is 11.6 Å². The maximum atomic E-state index is 4.32. The highest BCUT2D eigenvalue weighted by molar-refractivity contribution is 5.01. The number of nitrogens with one attached hydrogen (secondary N) is 1. The third-order valence-corrected chi connectivity index (χ3v) is 3.94. The van der Waals surface area contributed by atoms with Crippen molar-refractivity contribution in [2.75, 3.05) is 0 Å². The molecule has 3 atom stereocenters. The smallest absolute Gasteiger partial charge is 0.135 e. The van der Waals surface area contributed by atoms with Crippen molar-refractivity contribution in [2.45, 2.75) is 77.9 Å². The zero-order valence-electron chi connectivity index (χ0n) is 12.3. The molecule has 102 valence electrons. The Labute approximate surface area is 110 Å². The Kier molecular flexibility index (Phi) is 4.05. The minimum atomic E-state index is 0.434. The summed E-state index contributed by atoms with van der Waals surface area (Å²) in [6.45, 7) is 11.0. The van der Waals surface area contributed by atoms with Crippen molar-refractivity contribution in [3.8, 4) is 0 Å². The fourth-order valence-corrected chi connectivity index (χ4v) is 3.05. The molecule has 1 aromatic rings. The van der Waals surface area contributed by atoms with Crippen LogP contribution in [0.3, 0.4) is 0 Å². The molecule has 2 heterocycles. The summed E-state index contributed by atoms with van der Waals surface area (Å²) in [6, 6.07) is 1.80. The van der Waals surface area contributed by atoms with E-state index in [4.69, 9.17) is 0 Å². The van der Waals surface area contributed by atoms with Crippen LogP contribution in [-0.4, -0.2) is 26.8 Å². The lowest BCUT2D eigenvalue weighted by Gasteiger charge is -2.22. The van der Waals surface area contributed by atoms with E-state index in [2.05, 4.69) is 54.7 Å². The maximum Gasteiger partial charge on any atom is 0.135 e. The molecule has 1 aromatic heterocycles. The van der Waals surface area contributed by atoms with Crippen molar-refractivity contribution in [3.63, 3.8) is 0 Å². The molecule has 0 bridgehead atoms. The fraction of sp³-hybridized carbons (Fsp3) is 0.857. The van der Waals surface area contributed by atoms with E-state index in [0.29, 0.717) is 24.0 Å². The van der Waals surface area contributed by atoms with Crippen LogP contribution >= 0.6 is 0 Å². The van der Waals surface area contributed by atoms with Crippen molar-refractivity contribution in [2.24, 2.45) is 0 Å². The van der Waals surface area contributed by atoms with Crippen molar-refractivity contribution >= 4 is 0 Å². The molecule has 1 fully saturated rings. The van der Waals surface area contributed by atoms with Gasteiger partial charge < -0.3 is 9.88 Å². The monoisotopic (exact) mass is 250 g/mol. The zero-order chi connectivity index (χ0) is 13.3. The molecule has 1 N–H and O–H groups in total. The Hall–Kier alpha value is -0.900. The van der Waals surface area contributed by atoms with Crippen LogP contribution < -0.4 is 5.32 Å². The van der Waals surface area contributed by atoms with Gasteiger partial charge in [0.05, 0.1) is 0 Å². The second-order valence-electron chi connectivity index (χ2n) is 6.06. The van der Waals surface area contributed by atoms with Crippen LogP contribution in [0.2, 0.25) is 0 Å². The molecule has 0 spiro atoms. The molecule has 0 aromatic carbocycles. The molecule has 0 saturated carbocycles. The predicted molar refractivity (Wildman–Crippen MR) is 73.8 cm³/mol. The fourth-order valence-electron chi connectivity index (χ4n) is 3.05. The topological polar surface area (TPSA) is 42.7 Å². The molecule has 4 nitrogen and oxygen atoms in total. The number of hydrogen-bond acceptors (Lipinski definition) is 3. The molecule has 1 saturated heterocycles. The maximum absolute atomic E-state index is 4.32.